The summed E-state index contributed by atoms with van der Waals surface area (Å²) in [6.45, 7) is 2.45. The fraction of sp³-hybridized carbons (Fsp3) is 0.923. The first kappa shape index (κ1) is 12.2. The summed E-state index contributed by atoms with van der Waals surface area (Å²) < 4.78 is 5.26. The van der Waals surface area contributed by atoms with Crippen LogP contribution in [0.3, 0.4) is 0 Å². The van der Waals surface area contributed by atoms with Crippen LogP contribution in [0.15, 0.2) is 0 Å². The van der Waals surface area contributed by atoms with Crippen molar-refractivity contribution in [3.05, 3.63) is 0 Å². The van der Waals surface area contributed by atoms with E-state index in [-0.39, 0.29) is 12.1 Å². The van der Waals surface area contributed by atoms with Crippen molar-refractivity contribution >= 4 is 6.03 Å². The van der Waals surface area contributed by atoms with Gasteiger partial charge in [-0.25, -0.2) is 4.79 Å². The largest absolute Gasteiger partial charge is 0.379 e. The first-order valence-corrected chi connectivity index (χ1v) is 7.16. The van der Waals surface area contributed by atoms with Gasteiger partial charge in [-0.15, -0.1) is 0 Å². The number of amides is 2. The Bertz CT molecular complexity index is 311. The number of urea groups is 1. The minimum atomic E-state index is -0.0214. The molecule has 0 radical (unpaired) electrons. The Balaban J connectivity index is 1.45. The Morgan fingerprint density at radius 1 is 1.22 bits per heavy atom. The third kappa shape index (κ3) is 2.62. The van der Waals surface area contributed by atoms with Gasteiger partial charge in [0.1, 0.15) is 0 Å². The molecule has 3 rings (SSSR count). The van der Waals surface area contributed by atoms with Crippen molar-refractivity contribution in [2.75, 3.05) is 19.8 Å². The first-order chi connectivity index (χ1) is 8.76. The number of hydrogen-bond acceptors (Lipinski definition) is 3. The molecule has 0 aromatic heterocycles. The number of nitrogens with one attached hydrogen (secondary N) is 3. The average Bonchev–Trinajstić information content (AvgIpc) is 2.80. The normalized spacial score (nSPS) is 34.0. The van der Waals surface area contributed by atoms with Crippen LogP contribution in [0, 0.1) is 0 Å². The second kappa shape index (κ2) is 5.05. The van der Waals surface area contributed by atoms with E-state index in [4.69, 9.17) is 4.74 Å². The van der Waals surface area contributed by atoms with Crippen molar-refractivity contribution in [3.8, 4) is 0 Å². The number of ether oxygens (including phenoxy) is 1. The molecule has 2 unspecified atom stereocenters. The molecule has 2 saturated heterocycles. The van der Waals surface area contributed by atoms with E-state index in [0.717, 1.165) is 32.4 Å². The minimum Gasteiger partial charge on any atom is -0.379 e. The van der Waals surface area contributed by atoms with Crippen LogP contribution in [0.1, 0.15) is 38.5 Å². The van der Waals surface area contributed by atoms with Crippen molar-refractivity contribution in [1.82, 2.24) is 16.0 Å². The van der Waals surface area contributed by atoms with Gasteiger partial charge in [0.15, 0.2) is 0 Å². The maximum Gasteiger partial charge on any atom is 0.315 e. The predicted molar refractivity (Wildman–Crippen MR) is 68.5 cm³/mol. The number of carbonyl (C=O) groups excluding carboxylic acids is 1. The standard InChI is InChI=1S/C13H23N3O2/c17-12(16-11-3-7-18-9-11)15-10-2-6-14-13(8-10)4-1-5-13/h10-11,14H,1-9H2,(H2,15,16,17). The van der Waals surface area contributed by atoms with Crippen LogP contribution in [-0.4, -0.2) is 43.4 Å². The van der Waals surface area contributed by atoms with Gasteiger partial charge in [0, 0.05) is 18.2 Å². The van der Waals surface area contributed by atoms with E-state index >= 15 is 0 Å². The molecule has 1 aliphatic carbocycles. The van der Waals surface area contributed by atoms with Crippen molar-refractivity contribution in [3.63, 3.8) is 0 Å². The van der Waals surface area contributed by atoms with Crippen molar-refractivity contribution in [1.29, 1.82) is 0 Å². The van der Waals surface area contributed by atoms with E-state index in [0.29, 0.717) is 18.2 Å². The van der Waals surface area contributed by atoms with E-state index in [9.17, 15) is 4.79 Å². The molecule has 18 heavy (non-hydrogen) atoms. The summed E-state index contributed by atoms with van der Waals surface area (Å²) >= 11 is 0. The molecule has 3 fully saturated rings. The highest BCUT2D eigenvalue weighted by molar-refractivity contribution is 5.74. The van der Waals surface area contributed by atoms with E-state index in [1.807, 2.05) is 0 Å². The van der Waals surface area contributed by atoms with Gasteiger partial charge in [0.05, 0.1) is 12.6 Å². The zero-order chi connectivity index (χ0) is 12.4. The van der Waals surface area contributed by atoms with Crippen molar-refractivity contribution in [2.45, 2.75) is 56.1 Å². The second-order valence-electron chi connectivity index (χ2n) is 5.93. The number of rotatable bonds is 2. The van der Waals surface area contributed by atoms with Gasteiger partial charge in [-0.1, -0.05) is 0 Å². The highest BCUT2D eigenvalue weighted by Crippen LogP contribution is 2.38. The smallest absolute Gasteiger partial charge is 0.315 e. The molecule has 0 aromatic carbocycles. The van der Waals surface area contributed by atoms with Crippen LogP contribution in [0.4, 0.5) is 4.79 Å². The predicted octanol–water partition coefficient (Wildman–Crippen LogP) is 0.749. The van der Waals surface area contributed by atoms with Gasteiger partial charge >= 0.3 is 6.03 Å². The highest BCUT2D eigenvalue weighted by Gasteiger charge is 2.41. The molecule has 5 heteroatoms. The van der Waals surface area contributed by atoms with E-state index < -0.39 is 0 Å². The quantitative estimate of drug-likeness (QED) is 0.680. The van der Waals surface area contributed by atoms with Gasteiger partial charge in [-0.3, -0.25) is 0 Å². The second-order valence-corrected chi connectivity index (χ2v) is 5.93. The fourth-order valence-electron chi connectivity index (χ4n) is 3.33. The number of hydrogen-bond donors (Lipinski definition) is 3. The lowest BCUT2D eigenvalue weighted by Gasteiger charge is -2.48. The highest BCUT2D eigenvalue weighted by atomic mass is 16.5. The lowest BCUT2D eigenvalue weighted by Crippen LogP contribution is -2.60. The molecule has 2 aliphatic heterocycles. The molecule has 102 valence electrons. The van der Waals surface area contributed by atoms with E-state index in [1.165, 1.54) is 19.3 Å². The molecule has 3 N–H and O–H groups in total. The first-order valence-electron chi connectivity index (χ1n) is 7.16. The third-order valence-electron chi connectivity index (χ3n) is 4.54. The Hall–Kier alpha value is -0.810. The SMILES string of the molecule is O=C(NC1CCOC1)NC1CCNC2(CCC2)C1. The van der Waals surface area contributed by atoms with E-state index in [2.05, 4.69) is 16.0 Å². The Morgan fingerprint density at radius 3 is 2.72 bits per heavy atom. The Labute approximate surface area is 108 Å². The molecule has 1 saturated carbocycles. The molecule has 2 atom stereocenters. The monoisotopic (exact) mass is 253 g/mol. The number of carbonyl (C=O) groups is 1. The summed E-state index contributed by atoms with van der Waals surface area (Å²) in [6, 6.07) is 0.505. The van der Waals surface area contributed by atoms with Crippen LogP contribution in [0.2, 0.25) is 0 Å². The van der Waals surface area contributed by atoms with E-state index in [1.54, 1.807) is 0 Å². The molecular weight excluding hydrogens is 230 g/mol. The maximum atomic E-state index is 11.9. The lowest BCUT2D eigenvalue weighted by molar-refractivity contribution is 0.121. The molecule has 2 amide bonds. The molecular formula is C13H23N3O2. The van der Waals surface area contributed by atoms with Crippen LogP contribution in [-0.2, 0) is 4.74 Å². The fourth-order valence-corrected chi connectivity index (χ4v) is 3.33. The minimum absolute atomic E-state index is 0.0214. The molecule has 5 nitrogen and oxygen atoms in total. The van der Waals surface area contributed by atoms with Gasteiger partial charge < -0.3 is 20.7 Å². The summed E-state index contributed by atoms with van der Waals surface area (Å²) in [7, 11) is 0. The topological polar surface area (TPSA) is 62.4 Å². The molecule has 0 bridgehead atoms. The maximum absolute atomic E-state index is 11.9. The molecule has 0 aromatic rings. The third-order valence-corrected chi connectivity index (χ3v) is 4.54. The van der Waals surface area contributed by atoms with Crippen LogP contribution < -0.4 is 16.0 Å². The number of piperidine rings is 1. The summed E-state index contributed by atoms with van der Waals surface area (Å²) in [4.78, 5) is 11.9. The van der Waals surface area contributed by atoms with Gasteiger partial charge in [0.2, 0.25) is 0 Å². The zero-order valence-electron chi connectivity index (χ0n) is 10.8. The Kier molecular flexibility index (Phi) is 3.43. The molecule has 1 spiro atoms. The van der Waals surface area contributed by atoms with Crippen LogP contribution in [0.5, 0.6) is 0 Å². The summed E-state index contributed by atoms with van der Waals surface area (Å²) in [5, 5.41) is 9.73. The van der Waals surface area contributed by atoms with Crippen LogP contribution in [0.25, 0.3) is 0 Å². The van der Waals surface area contributed by atoms with Gasteiger partial charge in [-0.05, 0) is 45.1 Å². The lowest BCUT2D eigenvalue weighted by atomic mass is 9.70. The van der Waals surface area contributed by atoms with Crippen LogP contribution >= 0.6 is 0 Å². The summed E-state index contributed by atoms with van der Waals surface area (Å²) in [6.07, 6.45) is 6.92. The zero-order valence-corrected chi connectivity index (χ0v) is 10.8. The average molecular weight is 253 g/mol. The summed E-state index contributed by atoms with van der Waals surface area (Å²) in [5.41, 5.74) is 0.340. The Morgan fingerprint density at radius 2 is 2.06 bits per heavy atom. The van der Waals surface area contributed by atoms with Gasteiger partial charge in [0.25, 0.3) is 0 Å². The van der Waals surface area contributed by atoms with Crippen molar-refractivity contribution in [2.24, 2.45) is 0 Å². The molecule has 2 heterocycles. The van der Waals surface area contributed by atoms with Crippen molar-refractivity contribution < 1.29 is 9.53 Å². The summed E-state index contributed by atoms with van der Waals surface area (Å²) in [5.74, 6) is 0. The van der Waals surface area contributed by atoms with Gasteiger partial charge in [-0.2, -0.15) is 0 Å². The molecule has 3 aliphatic rings.